The maximum Gasteiger partial charge on any atom is 0.257 e. The molecule has 3 heterocycles. The molecule has 2 aliphatic rings. The first kappa shape index (κ1) is 16.2. The van der Waals surface area contributed by atoms with Gasteiger partial charge in [0.2, 0.25) is 0 Å². The van der Waals surface area contributed by atoms with Crippen molar-refractivity contribution in [3.63, 3.8) is 0 Å². The Bertz CT molecular complexity index is 759. The Hall–Kier alpha value is -2.28. The molecule has 2 aromatic rings. The molecule has 4 rings (SSSR count). The lowest BCUT2D eigenvalue weighted by Gasteiger charge is -2.24. The van der Waals surface area contributed by atoms with Crippen molar-refractivity contribution in [2.75, 3.05) is 19.8 Å². The maximum atomic E-state index is 14.0. The van der Waals surface area contributed by atoms with Crippen molar-refractivity contribution in [1.82, 2.24) is 19.4 Å². The van der Waals surface area contributed by atoms with Gasteiger partial charge in [-0.15, -0.1) is 0 Å². The first-order valence-corrected chi connectivity index (χ1v) is 8.67. The van der Waals surface area contributed by atoms with Crippen LogP contribution in [0.5, 0.6) is 0 Å². The van der Waals surface area contributed by atoms with Crippen molar-refractivity contribution in [1.29, 1.82) is 0 Å². The average Bonchev–Trinajstić information content (AvgIpc) is 3.37. The minimum absolute atomic E-state index is 0.0488. The number of carbonyl (C=O) groups is 1. The minimum atomic E-state index is -0.596. The summed E-state index contributed by atoms with van der Waals surface area (Å²) in [5.74, 6) is 0.749. The molecule has 6 nitrogen and oxygen atoms in total. The SMILES string of the molecule is O=C(c1ccncc1F)N1Cc2nccn2C[C@@H](COCC2CC2)C1. The topological polar surface area (TPSA) is 60.2 Å². The summed E-state index contributed by atoms with van der Waals surface area (Å²) >= 11 is 0. The molecule has 1 atom stereocenters. The Morgan fingerprint density at radius 2 is 2.08 bits per heavy atom. The lowest BCUT2D eigenvalue weighted by atomic mass is 10.1. The van der Waals surface area contributed by atoms with Crippen LogP contribution in [0.15, 0.2) is 30.9 Å². The number of aromatic nitrogens is 3. The third-order valence-corrected chi connectivity index (χ3v) is 4.76. The summed E-state index contributed by atoms with van der Waals surface area (Å²) in [6, 6.07) is 1.42. The van der Waals surface area contributed by atoms with Gasteiger partial charge in [0.15, 0.2) is 5.82 Å². The zero-order valence-corrected chi connectivity index (χ0v) is 14.0. The summed E-state index contributed by atoms with van der Waals surface area (Å²) in [7, 11) is 0. The smallest absolute Gasteiger partial charge is 0.257 e. The molecule has 132 valence electrons. The Balaban J connectivity index is 1.51. The summed E-state index contributed by atoms with van der Waals surface area (Å²) in [6.45, 7) is 3.03. The predicted molar refractivity (Wildman–Crippen MR) is 88.2 cm³/mol. The van der Waals surface area contributed by atoms with E-state index in [9.17, 15) is 9.18 Å². The third-order valence-electron chi connectivity index (χ3n) is 4.76. The van der Waals surface area contributed by atoms with Gasteiger partial charge in [0.1, 0.15) is 5.82 Å². The molecular formula is C18H21FN4O2. The number of amides is 1. The summed E-state index contributed by atoms with van der Waals surface area (Å²) in [5, 5.41) is 0. The van der Waals surface area contributed by atoms with Crippen LogP contribution in [-0.4, -0.2) is 45.1 Å². The molecule has 0 unspecified atom stereocenters. The first-order chi connectivity index (χ1) is 12.2. The highest BCUT2D eigenvalue weighted by atomic mass is 19.1. The number of hydrogen-bond acceptors (Lipinski definition) is 4. The number of ether oxygens (including phenoxy) is 1. The number of rotatable bonds is 5. The second kappa shape index (κ2) is 6.92. The number of imidazole rings is 1. The largest absolute Gasteiger partial charge is 0.381 e. The molecule has 0 saturated heterocycles. The van der Waals surface area contributed by atoms with Crippen LogP contribution in [0.25, 0.3) is 0 Å². The van der Waals surface area contributed by atoms with Gasteiger partial charge in [-0.05, 0) is 24.8 Å². The zero-order valence-electron chi connectivity index (χ0n) is 14.0. The standard InChI is InChI=1S/C18H21FN4O2/c19-16-7-20-4-3-15(16)18(24)23-9-14(12-25-11-13-1-2-13)8-22-6-5-21-17(22)10-23/h3-7,13-14H,1-2,8-12H2/t14-/m1/s1. The van der Waals surface area contributed by atoms with E-state index in [1.54, 1.807) is 11.1 Å². The fraction of sp³-hybridized carbons (Fsp3) is 0.500. The van der Waals surface area contributed by atoms with Gasteiger partial charge in [-0.2, -0.15) is 0 Å². The monoisotopic (exact) mass is 344 g/mol. The Morgan fingerprint density at radius 1 is 1.24 bits per heavy atom. The van der Waals surface area contributed by atoms with E-state index in [2.05, 4.69) is 14.5 Å². The Morgan fingerprint density at radius 3 is 2.88 bits per heavy atom. The summed E-state index contributed by atoms with van der Waals surface area (Å²) in [6.07, 6.45) is 8.67. The second-order valence-electron chi connectivity index (χ2n) is 6.88. The number of hydrogen-bond donors (Lipinski definition) is 0. The van der Waals surface area contributed by atoms with Crippen molar-refractivity contribution in [3.8, 4) is 0 Å². The molecule has 0 N–H and O–H groups in total. The highest BCUT2D eigenvalue weighted by Crippen LogP contribution is 2.29. The van der Waals surface area contributed by atoms with E-state index in [4.69, 9.17) is 4.74 Å². The summed E-state index contributed by atoms with van der Waals surface area (Å²) in [4.78, 5) is 22.5. The number of nitrogens with zero attached hydrogens (tertiary/aromatic N) is 4. The van der Waals surface area contributed by atoms with E-state index in [1.807, 2.05) is 6.20 Å². The van der Waals surface area contributed by atoms with Gasteiger partial charge in [-0.1, -0.05) is 0 Å². The zero-order chi connectivity index (χ0) is 17.2. The molecule has 1 aliphatic carbocycles. The van der Waals surface area contributed by atoms with Crippen LogP contribution in [0.3, 0.4) is 0 Å². The molecule has 1 saturated carbocycles. The van der Waals surface area contributed by atoms with Crippen molar-refractivity contribution < 1.29 is 13.9 Å². The molecule has 0 radical (unpaired) electrons. The number of carbonyl (C=O) groups excluding carboxylic acids is 1. The number of pyridine rings is 1. The molecule has 25 heavy (non-hydrogen) atoms. The van der Waals surface area contributed by atoms with E-state index in [0.717, 1.165) is 25.2 Å². The van der Waals surface area contributed by atoms with Crippen molar-refractivity contribution in [3.05, 3.63) is 48.1 Å². The number of fused-ring (bicyclic) bond motifs is 1. The van der Waals surface area contributed by atoms with E-state index < -0.39 is 5.82 Å². The van der Waals surface area contributed by atoms with E-state index in [-0.39, 0.29) is 17.4 Å². The summed E-state index contributed by atoms with van der Waals surface area (Å²) in [5.41, 5.74) is 0.0488. The van der Waals surface area contributed by atoms with Crippen molar-refractivity contribution >= 4 is 5.91 Å². The van der Waals surface area contributed by atoms with Crippen LogP contribution < -0.4 is 0 Å². The molecule has 2 aromatic heterocycles. The van der Waals surface area contributed by atoms with Crippen LogP contribution in [0.2, 0.25) is 0 Å². The van der Waals surface area contributed by atoms with Gasteiger partial charge < -0.3 is 14.2 Å². The van der Waals surface area contributed by atoms with Crippen LogP contribution in [0, 0.1) is 17.7 Å². The van der Waals surface area contributed by atoms with Crippen molar-refractivity contribution in [2.24, 2.45) is 11.8 Å². The Labute approximate surface area is 145 Å². The van der Waals surface area contributed by atoms with Crippen LogP contribution in [0.4, 0.5) is 4.39 Å². The lowest BCUT2D eigenvalue weighted by Crippen LogP contribution is -2.36. The van der Waals surface area contributed by atoms with Gasteiger partial charge in [-0.3, -0.25) is 9.78 Å². The fourth-order valence-electron chi connectivity index (χ4n) is 3.21. The molecular weight excluding hydrogens is 323 g/mol. The normalized spacial score (nSPS) is 20.2. The van der Waals surface area contributed by atoms with Crippen LogP contribution in [-0.2, 0) is 17.8 Å². The third kappa shape index (κ3) is 3.71. The fourth-order valence-corrected chi connectivity index (χ4v) is 3.21. The lowest BCUT2D eigenvalue weighted by molar-refractivity contribution is 0.0568. The highest BCUT2D eigenvalue weighted by molar-refractivity contribution is 5.94. The van der Waals surface area contributed by atoms with Gasteiger partial charge >= 0.3 is 0 Å². The summed E-state index contributed by atoms with van der Waals surface area (Å²) < 4.78 is 21.9. The molecule has 0 spiro atoms. The molecule has 0 aromatic carbocycles. The van der Waals surface area contributed by atoms with E-state index >= 15 is 0 Å². The first-order valence-electron chi connectivity index (χ1n) is 8.67. The van der Waals surface area contributed by atoms with Crippen molar-refractivity contribution in [2.45, 2.75) is 25.9 Å². The van der Waals surface area contributed by atoms with Gasteiger partial charge in [0.25, 0.3) is 5.91 Å². The molecule has 1 amide bonds. The highest BCUT2D eigenvalue weighted by Gasteiger charge is 2.28. The minimum Gasteiger partial charge on any atom is -0.381 e. The predicted octanol–water partition coefficient (Wildman–Crippen LogP) is 2.12. The van der Waals surface area contributed by atoms with Gasteiger partial charge in [0.05, 0.1) is 24.9 Å². The quantitative estimate of drug-likeness (QED) is 0.834. The molecule has 1 aliphatic heterocycles. The number of halogens is 1. The van der Waals surface area contributed by atoms with Gasteiger partial charge in [-0.25, -0.2) is 9.37 Å². The molecule has 0 bridgehead atoms. The molecule has 7 heteroatoms. The second-order valence-corrected chi connectivity index (χ2v) is 6.88. The van der Waals surface area contributed by atoms with Gasteiger partial charge in [0, 0.05) is 44.2 Å². The van der Waals surface area contributed by atoms with Crippen LogP contribution >= 0.6 is 0 Å². The maximum absolute atomic E-state index is 14.0. The molecule has 1 fully saturated rings. The van der Waals surface area contributed by atoms with E-state index in [1.165, 1.54) is 25.1 Å². The van der Waals surface area contributed by atoms with E-state index in [0.29, 0.717) is 25.6 Å². The van der Waals surface area contributed by atoms with Crippen LogP contribution in [0.1, 0.15) is 29.0 Å². The Kier molecular flexibility index (Phi) is 4.48. The average molecular weight is 344 g/mol.